The second-order valence-electron chi connectivity index (χ2n) is 20.3. The maximum Gasteiger partial charge on any atom is 0.329 e. The number of carbonyl (C=O) groups is 5. The molecule has 3 fully saturated rings. The van der Waals surface area contributed by atoms with Crippen molar-refractivity contribution in [1.82, 2.24) is 30.0 Å². The van der Waals surface area contributed by atoms with Gasteiger partial charge in [-0.3, -0.25) is 24.2 Å². The molecule has 2 N–H and O–H groups in total. The van der Waals surface area contributed by atoms with Crippen LogP contribution in [0, 0.1) is 23.7 Å². The molecule has 5 aromatic carbocycles. The van der Waals surface area contributed by atoms with Crippen molar-refractivity contribution in [2.75, 3.05) is 69.9 Å². The minimum absolute atomic E-state index is 0.0444. The minimum Gasteiger partial charge on any atom is -0.491 e. The number of morpholine rings is 1. The summed E-state index contributed by atoms with van der Waals surface area (Å²) in [7, 11) is 3.20. The van der Waals surface area contributed by atoms with E-state index in [1.54, 1.807) is 73.6 Å². The first kappa shape index (κ1) is 53.0. The zero-order chi connectivity index (χ0) is 54.5. The fraction of sp³-hybridized carbons (Fsp3) is 0.328. The number of imide groups is 1. The van der Waals surface area contributed by atoms with Crippen molar-refractivity contribution in [1.29, 1.82) is 0 Å². The SMILES string of the molecule is COC(=O)[C@@H](NC(=O)N1C(=O)[C@@]2(c3cc(C#CCN(C)Cc4ccccc4)ccc31)[C@H](C(=O)N1CCN(c3ncccn3)CC1)[C@H]1C(=O)O[C@H](c3ccccc3)[C@H](c3ccccc3)N1[C@@H]2c1cccc(OCCO)c1)C(C)C. The van der Waals surface area contributed by atoms with E-state index in [4.69, 9.17) is 14.2 Å². The number of carbonyl (C=O) groups excluding carboxylic acids is 5. The number of cyclic esters (lactones) is 1. The van der Waals surface area contributed by atoms with Gasteiger partial charge in [0.1, 0.15) is 36.0 Å². The topological polar surface area (TPSA) is 187 Å². The van der Waals surface area contributed by atoms with Crippen LogP contribution in [0.25, 0.3) is 0 Å². The number of nitrogens with zero attached hydrogens (tertiary/aromatic N) is 7. The molecule has 400 valence electrons. The number of anilines is 2. The highest BCUT2D eigenvalue weighted by Gasteiger charge is 2.76. The van der Waals surface area contributed by atoms with Crippen molar-refractivity contribution in [3.8, 4) is 17.6 Å². The average molecular weight is 1050 g/mol. The maximum atomic E-state index is 17.0. The van der Waals surface area contributed by atoms with Gasteiger partial charge in [-0.25, -0.2) is 24.5 Å². The molecule has 4 aliphatic rings. The van der Waals surface area contributed by atoms with Crippen molar-refractivity contribution in [2.24, 2.45) is 11.8 Å². The Hall–Kier alpha value is -8.43. The Bertz CT molecular complexity index is 3210. The van der Waals surface area contributed by atoms with Crippen molar-refractivity contribution in [3.05, 3.63) is 185 Å². The van der Waals surface area contributed by atoms with E-state index in [2.05, 4.69) is 32.0 Å². The summed E-state index contributed by atoms with van der Waals surface area (Å²) in [5.41, 5.74) is 1.81. The molecule has 0 saturated carbocycles. The monoisotopic (exact) mass is 1050 g/mol. The Balaban J connectivity index is 1.22. The summed E-state index contributed by atoms with van der Waals surface area (Å²) in [4.78, 5) is 95.6. The predicted molar refractivity (Wildman–Crippen MR) is 291 cm³/mol. The summed E-state index contributed by atoms with van der Waals surface area (Å²) in [5.74, 6) is 2.72. The van der Waals surface area contributed by atoms with Gasteiger partial charge < -0.3 is 34.4 Å². The number of aliphatic hydroxyl groups excluding tert-OH is 1. The maximum absolute atomic E-state index is 17.0. The number of urea groups is 1. The van der Waals surface area contributed by atoms with Gasteiger partial charge in [-0.1, -0.05) is 129 Å². The highest BCUT2D eigenvalue weighted by atomic mass is 16.6. The van der Waals surface area contributed by atoms with E-state index in [-0.39, 0.29) is 37.6 Å². The summed E-state index contributed by atoms with van der Waals surface area (Å²) in [6.45, 7) is 5.23. The Morgan fingerprint density at radius 3 is 2.15 bits per heavy atom. The number of fused-ring (bicyclic) bond motifs is 3. The number of piperazine rings is 1. The number of esters is 2. The van der Waals surface area contributed by atoms with E-state index < -0.39 is 77.3 Å². The lowest BCUT2D eigenvalue weighted by Crippen LogP contribution is -2.60. The predicted octanol–water partition coefficient (Wildman–Crippen LogP) is 6.25. The van der Waals surface area contributed by atoms with E-state index in [9.17, 15) is 9.90 Å². The number of benzene rings is 5. The molecule has 1 spiro atoms. The van der Waals surface area contributed by atoms with Crippen molar-refractivity contribution < 1.29 is 43.3 Å². The van der Waals surface area contributed by atoms with E-state index in [0.29, 0.717) is 54.6 Å². The van der Waals surface area contributed by atoms with Gasteiger partial charge in [0.25, 0.3) is 0 Å². The van der Waals surface area contributed by atoms with Crippen LogP contribution >= 0.6 is 0 Å². The highest BCUT2D eigenvalue weighted by molar-refractivity contribution is 6.25. The zero-order valence-corrected chi connectivity index (χ0v) is 44.0. The number of hydrogen-bond acceptors (Lipinski definition) is 14. The Morgan fingerprint density at radius 1 is 0.821 bits per heavy atom. The molecule has 4 aliphatic heterocycles. The first-order chi connectivity index (χ1) is 37.9. The molecule has 10 rings (SSSR count). The Kier molecular flexibility index (Phi) is 15.7. The molecule has 0 bridgehead atoms. The summed E-state index contributed by atoms with van der Waals surface area (Å²) in [6, 6.07) is 37.3. The van der Waals surface area contributed by atoms with Crippen LogP contribution in [0.3, 0.4) is 0 Å². The fourth-order valence-corrected chi connectivity index (χ4v) is 11.7. The molecule has 17 nitrogen and oxygen atoms in total. The van der Waals surface area contributed by atoms with Crippen molar-refractivity contribution in [3.63, 3.8) is 0 Å². The van der Waals surface area contributed by atoms with E-state index in [0.717, 1.165) is 16.0 Å². The van der Waals surface area contributed by atoms with E-state index in [1.807, 2.05) is 114 Å². The number of aromatic nitrogens is 2. The summed E-state index contributed by atoms with van der Waals surface area (Å²) in [5, 5.41) is 12.8. The van der Waals surface area contributed by atoms with Crippen LogP contribution in [0.15, 0.2) is 152 Å². The molecule has 4 amide bonds. The molecular weight excluding hydrogens is 989 g/mol. The van der Waals surface area contributed by atoms with Gasteiger partial charge in [-0.2, -0.15) is 0 Å². The molecular formula is C61H62N8O9. The smallest absolute Gasteiger partial charge is 0.329 e. The van der Waals surface area contributed by atoms with Crippen molar-refractivity contribution >= 4 is 41.4 Å². The Morgan fingerprint density at radius 2 is 1.49 bits per heavy atom. The van der Waals surface area contributed by atoms with Crippen LogP contribution in [0.2, 0.25) is 0 Å². The molecule has 0 aliphatic carbocycles. The zero-order valence-electron chi connectivity index (χ0n) is 44.0. The molecule has 6 aromatic rings. The molecule has 1 aromatic heterocycles. The van der Waals surface area contributed by atoms with Crippen LogP contribution in [-0.2, 0) is 40.6 Å². The molecule has 17 heteroatoms. The van der Waals surface area contributed by atoms with Gasteiger partial charge >= 0.3 is 18.0 Å². The normalized spacial score (nSPS) is 22.1. The summed E-state index contributed by atoms with van der Waals surface area (Å²) >= 11 is 0. The van der Waals surface area contributed by atoms with Crippen LogP contribution in [-0.4, -0.2) is 132 Å². The van der Waals surface area contributed by atoms with Crippen LogP contribution < -0.4 is 19.9 Å². The number of ether oxygens (including phenoxy) is 3. The Labute approximate surface area is 453 Å². The van der Waals surface area contributed by atoms with Crippen LogP contribution in [0.5, 0.6) is 5.75 Å². The third kappa shape index (κ3) is 10.1. The molecule has 7 atom stereocenters. The lowest BCUT2D eigenvalue weighted by atomic mass is 9.64. The van der Waals surface area contributed by atoms with Gasteiger partial charge in [-0.15, -0.1) is 0 Å². The lowest BCUT2D eigenvalue weighted by Gasteiger charge is -2.46. The molecule has 78 heavy (non-hydrogen) atoms. The minimum atomic E-state index is -2.11. The summed E-state index contributed by atoms with van der Waals surface area (Å²) in [6.07, 6.45) is 2.35. The number of amides is 4. The largest absolute Gasteiger partial charge is 0.491 e. The van der Waals surface area contributed by atoms with E-state index in [1.165, 1.54) is 7.11 Å². The number of aliphatic hydroxyl groups is 1. The van der Waals surface area contributed by atoms with Crippen molar-refractivity contribution in [2.45, 2.75) is 56.1 Å². The third-order valence-electron chi connectivity index (χ3n) is 15.2. The molecule has 5 heterocycles. The van der Waals surface area contributed by atoms with Gasteiger partial charge in [0.15, 0.2) is 0 Å². The number of nitrogens with one attached hydrogen (secondary N) is 1. The van der Waals surface area contributed by atoms with Gasteiger partial charge in [-0.05, 0) is 77.2 Å². The first-order valence-corrected chi connectivity index (χ1v) is 26.3. The van der Waals surface area contributed by atoms with Crippen LogP contribution in [0.4, 0.5) is 16.4 Å². The van der Waals surface area contributed by atoms with Crippen LogP contribution in [0.1, 0.15) is 65.4 Å². The number of methoxy groups -OCH3 is 1. The number of hydrogen-bond donors (Lipinski definition) is 2. The molecule has 3 saturated heterocycles. The third-order valence-corrected chi connectivity index (χ3v) is 15.2. The lowest BCUT2D eigenvalue weighted by molar-refractivity contribution is -0.179. The van der Waals surface area contributed by atoms with Gasteiger partial charge in [0.2, 0.25) is 17.8 Å². The highest BCUT2D eigenvalue weighted by Crippen LogP contribution is 2.66. The average Bonchev–Trinajstić information content (AvgIpc) is 4.16. The molecule has 0 radical (unpaired) electrons. The quantitative estimate of drug-likeness (QED) is 0.0921. The standard InChI is InChI=1S/C61H62N8O9/c1-40(2)50(56(72)76-4)64-60(75)68-48-27-26-41(19-15-30-65(3)39-42-17-8-5-9-18-42)37-47(48)61(58(68)74)49(55(71)66-31-33-67(34-32-66)59-62-28-16-29-63-59)52-57(73)78-53(44-22-12-7-13-23-44)51(43-20-10-6-11-21-43)69(52)54(61)45-24-14-25-46(38-45)77-36-35-70/h5-14,16-18,20-29,37-38,40,49-54,70H,30-36,39H2,1-4H3,(H,64,75)/t49-,50-,51-,52-,53+,54+,61-/m0/s1. The van der Waals surface area contributed by atoms with Gasteiger partial charge in [0, 0.05) is 50.7 Å². The number of rotatable bonds is 14. The second kappa shape index (κ2) is 23.0. The molecule has 0 unspecified atom stereocenters. The summed E-state index contributed by atoms with van der Waals surface area (Å²) < 4.78 is 17.9. The van der Waals surface area contributed by atoms with E-state index >= 15 is 19.2 Å². The van der Waals surface area contributed by atoms with Gasteiger partial charge in [0.05, 0.1) is 44.0 Å². The fourth-order valence-electron chi connectivity index (χ4n) is 11.7. The second-order valence-corrected chi connectivity index (χ2v) is 20.3. The first-order valence-electron chi connectivity index (χ1n) is 26.3.